The van der Waals surface area contributed by atoms with E-state index < -0.39 is 0 Å². The number of hydrogen-bond donors (Lipinski definition) is 1. The van der Waals surface area contributed by atoms with Gasteiger partial charge in [-0.1, -0.05) is 13.8 Å². The summed E-state index contributed by atoms with van der Waals surface area (Å²) in [4.78, 5) is 2.67. The van der Waals surface area contributed by atoms with E-state index in [1.165, 1.54) is 58.3 Å². The molecule has 1 N–H and O–H groups in total. The molecule has 1 unspecified atom stereocenters. The summed E-state index contributed by atoms with van der Waals surface area (Å²) >= 11 is 0. The molecule has 2 rings (SSSR count). The molecule has 0 spiro atoms. The van der Waals surface area contributed by atoms with Crippen molar-refractivity contribution in [3.8, 4) is 0 Å². The third-order valence-electron chi connectivity index (χ3n) is 3.96. The Balaban J connectivity index is 1.72. The van der Waals surface area contributed by atoms with Gasteiger partial charge in [-0.2, -0.15) is 0 Å². The van der Waals surface area contributed by atoms with Crippen LogP contribution < -0.4 is 5.32 Å². The molecule has 16 heavy (non-hydrogen) atoms. The first-order valence-electron chi connectivity index (χ1n) is 7.29. The van der Waals surface area contributed by atoms with Gasteiger partial charge in [0.25, 0.3) is 0 Å². The molecular weight excluding hydrogens is 196 g/mol. The van der Waals surface area contributed by atoms with Crippen molar-refractivity contribution >= 4 is 0 Å². The second-order valence-corrected chi connectivity index (χ2v) is 5.69. The first kappa shape index (κ1) is 12.4. The average molecular weight is 224 g/mol. The Bertz CT molecular complexity index is 197. The van der Waals surface area contributed by atoms with Gasteiger partial charge in [0.15, 0.2) is 0 Å². The lowest BCUT2D eigenvalue weighted by molar-refractivity contribution is 0.233. The molecule has 0 saturated heterocycles. The second kappa shape index (κ2) is 6.02. The zero-order valence-corrected chi connectivity index (χ0v) is 11.0. The fourth-order valence-electron chi connectivity index (χ4n) is 2.49. The predicted molar refractivity (Wildman–Crippen MR) is 69.6 cm³/mol. The molecule has 0 aliphatic heterocycles. The Labute approximate surface area is 101 Å². The zero-order valence-electron chi connectivity index (χ0n) is 11.0. The van der Waals surface area contributed by atoms with Crippen LogP contribution in [0.5, 0.6) is 0 Å². The van der Waals surface area contributed by atoms with E-state index in [1.807, 2.05) is 0 Å². The summed E-state index contributed by atoms with van der Waals surface area (Å²) in [6.07, 6.45) is 7.14. The molecule has 0 heterocycles. The van der Waals surface area contributed by atoms with Crippen LogP contribution in [0.1, 0.15) is 46.0 Å². The first-order valence-corrected chi connectivity index (χ1v) is 7.29. The van der Waals surface area contributed by atoms with E-state index in [0.29, 0.717) is 0 Å². The van der Waals surface area contributed by atoms with E-state index in [1.54, 1.807) is 0 Å². The van der Waals surface area contributed by atoms with E-state index in [4.69, 9.17) is 0 Å². The number of rotatable bonds is 9. The largest absolute Gasteiger partial charge is 0.312 e. The molecule has 0 radical (unpaired) electrons. The molecule has 94 valence electrons. The minimum absolute atomic E-state index is 0.777. The van der Waals surface area contributed by atoms with Crippen LogP contribution in [0.4, 0.5) is 0 Å². The Kier molecular flexibility index (Phi) is 4.66. The van der Waals surface area contributed by atoms with Crippen LogP contribution in [0, 0.1) is 11.8 Å². The fraction of sp³-hybridized carbons (Fsp3) is 1.00. The molecule has 2 heteroatoms. The van der Waals surface area contributed by atoms with E-state index in [-0.39, 0.29) is 0 Å². The SMILES string of the molecule is CCCNC(CN(CC)CC1CC1)C1CC1. The Morgan fingerprint density at radius 1 is 1.19 bits per heavy atom. The van der Waals surface area contributed by atoms with Gasteiger partial charge in [-0.25, -0.2) is 0 Å². The van der Waals surface area contributed by atoms with Crippen LogP contribution in [-0.2, 0) is 0 Å². The molecule has 0 bridgehead atoms. The number of nitrogens with zero attached hydrogens (tertiary/aromatic N) is 1. The minimum Gasteiger partial charge on any atom is -0.312 e. The number of nitrogens with one attached hydrogen (secondary N) is 1. The number of hydrogen-bond acceptors (Lipinski definition) is 2. The number of likely N-dealkylation sites (N-methyl/N-ethyl adjacent to an activating group) is 1. The van der Waals surface area contributed by atoms with Crippen molar-refractivity contribution in [1.29, 1.82) is 0 Å². The molecule has 1 atom stereocenters. The van der Waals surface area contributed by atoms with Gasteiger partial charge in [-0.3, -0.25) is 0 Å². The van der Waals surface area contributed by atoms with Gasteiger partial charge in [-0.15, -0.1) is 0 Å². The smallest absolute Gasteiger partial charge is 0.0223 e. The van der Waals surface area contributed by atoms with Crippen molar-refractivity contribution in [3.05, 3.63) is 0 Å². The van der Waals surface area contributed by atoms with Crippen LogP contribution in [0.25, 0.3) is 0 Å². The van der Waals surface area contributed by atoms with Crippen molar-refractivity contribution in [2.45, 2.75) is 52.0 Å². The normalized spacial score (nSPS) is 22.7. The fourth-order valence-corrected chi connectivity index (χ4v) is 2.49. The maximum atomic E-state index is 3.75. The molecule has 2 fully saturated rings. The summed E-state index contributed by atoms with van der Waals surface area (Å²) in [5.41, 5.74) is 0. The van der Waals surface area contributed by atoms with E-state index in [2.05, 4.69) is 24.1 Å². The highest BCUT2D eigenvalue weighted by Crippen LogP contribution is 2.34. The van der Waals surface area contributed by atoms with Gasteiger partial charge in [0.05, 0.1) is 0 Å². The topological polar surface area (TPSA) is 15.3 Å². The molecule has 0 aromatic carbocycles. The van der Waals surface area contributed by atoms with E-state index in [9.17, 15) is 0 Å². The third-order valence-corrected chi connectivity index (χ3v) is 3.96. The van der Waals surface area contributed by atoms with Crippen molar-refractivity contribution in [2.24, 2.45) is 11.8 Å². The van der Waals surface area contributed by atoms with Gasteiger partial charge in [0, 0.05) is 19.1 Å². The standard InChI is InChI=1S/C14H28N2/c1-3-9-15-14(13-7-8-13)11-16(4-2)10-12-5-6-12/h12-15H,3-11H2,1-2H3. The van der Waals surface area contributed by atoms with Crippen molar-refractivity contribution in [3.63, 3.8) is 0 Å². The second-order valence-electron chi connectivity index (χ2n) is 5.69. The molecule has 0 aromatic heterocycles. The van der Waals surface area contributed by atoms with E-state index >= 15 is 0 Å². The lowest BCUT2D eigenvalue weighted by Gasteiger charge is -2.27. The molecule has 2 aliphatic rings. The third kappa shape index (κ3) is 4.06. The summed E-state index contributed by atoms with van der Waals surface area (Å²) in [5.74, 6) is 2.02. The maximum Gasteiger partial charge on any atom is 0.0223 e. The predicted octanol–water partition coefficient (Wildman–Crippen LogP) is 2.50. The lowest BCUT2D eigenvalue weighted by atomic mass is 10.1. The molecule has 0 amide bonds. The summed E-state index contributed by atoms with van der Waals surface area (Å²) in [6.45, 7) is 9.64. The van der Waals surface area contributed by atoms with Crippen LogP contribution in [0.3, 0.4) is 0 Å². The highest BCUT2D eigenvalue weighted by atomic mass is 15.2. The highest BCUT2D eigenvalue weighted by Gasteiger charge is 2.32. The molecule has 0 aromatic rings. The summed E-state index contributed by atoms with van der Waals surface area (Å²) in [6, 6.07) is 0.777. The lowest BCUT2D eigenvalue weighted by Crippen LogP contribution is -2.43. The van der Waals surface area contributed by atoms with Crippen LogP contribution in [-0.4, -0.2) is 37.1 Å². The van der Waals surface area contributed by atoms with Crippen molar-refractivity contribution in [2.75, 3.05) is 26.2 Å². The summed E-state index contributed by atoms with van der Waals surface area (Å²) in [7, 11) is 0. The van der Waals surface area contributed by atoms with Gasteiger partial charge in [-0.05, 0) is 57.0 Å². The average Bonchev–Trinajstić information content (AvgIpc) is 3.15. The van der Waals surface area contributed by atoms with Gasteiger partial charge in [0.2, 0.25) is 0 Å². The molecule has 2 nitrogen and oxygen atoms in total. The molecular formula is C14H28N2. The van der Waals surface area contributed by atoms with Crippen LogP contribution in [0.2, 0.25) is 0 Å². The zero-order chi connectivity index (χ0) is 11.4. The Hall–Kier alpha value is -0.0800. The summed E-state index contributed by atoms with van der Waals surface area (Å²) in [5, 5.41) is 3.75. The van der Waals surface area contributed by atoms with Gasteiger partial charge < -0.3 is 10.2 Å². The van der Waals surface area contributed by atoms with Crippen molar-refractivity contribution in [1.82, 2.24) is 10.2 Å². The first-order chi connectivity index (χ1) is 7.83. The van der Waals surface area contributed by atoms with E-state index in [0.717, 1.165) is 17.9 Å². The maximum absolute atomic E-state index is 3.75. The van der Waals surface area contributed by atoms with Gasteiger partial charge >= 0.3 is 0 Å². The van der Waals surface area contributed by atoms with Crippen molar-refractivity contribution < 1.29 is 0 Å². The van der Waals surface area contributed by atoms with Gasteiger partial charge in [0.1, 0.15) is 0 Å². The minimum atomic E-state index is 0.777. The Morgan fingerprint density at radius 3 is 2.44 bits per heavy atom. The Morgan fingerprint density at radius 2 is 1.94 bits per heavy atom. The van der Waals surface area contributed by atoms with Crippen LogP contribution in [0.15, 0.2) is 0 Å². The van der Waals surface area contributed by atoms with Crippen LogP contribution >= 0.6 is 0 Å². The monoisotopic (exact) mass is 224 g/mol. The highest BCUT2D eigenvalue weighted by molar-refractivity contribution is 4.89. The quantitative estimate of drug-likeness (QED) is 0.647. The molecule has 2 saturated carbocycles. The summed E-state index contributed by atoms with van der Waals surface area (Å²) < 4.78 is 0. The molecule has 2 aliphatic carbocycles.